The highest BCUT2D eigenvalue weighted by molar-refractivity contribution is 5.80. The molecule has 1 amide bonds. The molecule has 1 fully saturated rings. The lowest BCUT2D eigenvalue weighted by atomic mass is 10.2. The Morgan fingerprint density at radius 2 is 2.26 bits per heavy atom. The molecule has 7 nitrogen and oxygen atoms in total. The number of anilines is 1. The van der Waals surface area contributed by atoms with Crippen molar-refractivity contribution in [2.75, 3.05) is 18.4 Å². The van der Waals surface area contributed by atoms with E-state index in [1.165, 1.54) is 6.20 Å². The van der Waals surface area contributed by atoms with Crippen LogP contribution in [-0.2, 0) is 4.79 Å². The van der Waals surface area contributed by atoms with Crippen molar-refractivity contribution in [3.8, 4) is 0 Å². The summed E-state index contributed by atoms with van der Waals surface area (Å²) >= 11 is 0. The largest absolute Gasteiger partial charge is 0.363 e. The van der Waals surface area contributed by atoms with Gasteiger partial charge in [-0.2, -0.15) is 0 Å². The molecule has 1 saturated carbocycles. The van der Waals surface area contributed by atoms with Crippen LogP contribution in [0.4, 0.5) is 11.5 Å². The summed E-state index contributed by atoms with van der Waals surface area (Å²) in [6.07, 6.45) is 3.45. The van der Waals surface area contributed by atoms with Gasteiger partial charge in [-0.1, -0.05) is 0 Å². The minimum atomic E-state index is -0.451. The van der Waals surface area contributed by atoms with Crippen molar-refractivity contribution >= 4 is 17.4 Å². The van der Waals surface area contributed by atoms with Gasteiger partial charge in [-0.25, -0.2) is 4.98 Å². The molecule has 2 N–H and O–H groups in total. The number of aryl methyl sites for hydroxylation is 1. The minimum Gasteiger partial charge on any atom is -0.363 e. The van der Waals surface area contributed by atoms with Crippen LogP contribution in [0.2, 0.25) is 0 Å². The third kappa shape index (κ3) is 3.40. The van der Waals surface area contributed by atoms with Crippen molar-refractivity contribution in [3.63, 3.8) is 0 Å². The maximum absolute atomic E-state index is 11.4. The Hall–Kier alpha value is -2.18. The van der Waals surface area contributed by atoms with Crippen LogP contribution in [0.5, 0.6) is 0 Å². The van der Waals surface area contributed by atoms with Crippen LogP contribution >= 0.6 is 0 Å². The SMILES string of the molecule is Cc1ccnc(NCCNC(=O)C2CC2)c1[N+](=O)[O-]. The van der Waals surface area contributed by atoms with Crippen LogP contribution < -0.4 is 10.6 Å². The lowest BCUT2D eigenvalue weighted by Crippen LogP contribution is -2.30. The molecule has 1 aliphatic rings. The number of rotatable bonds is 6. The van der Waals surface area contributed by atoms with Crippen LogP contribution in [0, 0.1) is 23.0 Å². The van der Waals surface area contributed by atoms with Crippen molar-refractivity contribution in [2.24, 2.45) is 5.92 Å². The molecule has 0 bridgehead atoms. The van der Waals surface area contributed by atoms with E-state index in [0.717, 1.165) is 12.8 Å². The fourth-order valence-corrected chi connectivity index (χ4v) is 1.77. The molecular formula is C12H16N4O3. The molecule has 19 heavy (non-hydrogen) atoms. The summed E-state index contributed by atoms with van der Waals surface area (Å²) in [5.74, 6) is 0.477. The topological polar surface area (TPSA) is 97.2 Å². The quantitative estimate of drug-likeness (QED) is 0.457. The summed E-state index contributed by atoms with van der Waals surface area (Å²) < 4.78 is 0. The van der Waals surface area contributed by atoms with Gasteiger partial charge in [0, 0.05) is 30.8 Å². The summed E-state index contributed by atoms with van der Waals surface area (Å²) in [5.41, 5.74) is 0.542. The molecule has 1 aliphatic carbocycles. The molecule has 102 valence electrons. The molecule has 0 saturated heterocycles. The number of amides is 1. The molecule has 0 spiro atoms. The van der Waals surface area contributed by atoms with Gasteiger partial charge in [0.25, 0.3) is 0 Å². The number of nitrogens with zero attached hydrogens (tertiary/aromatic N) is 2. The zero-order valence-electron chi connectivity index (χ0n) is 10.7. The zero-order valence-corrected chi connectivity index (χ0v) is 10.7. The smallest absolute Gasteiger partial charge is 0.314 e. The van der Waals surface area contributed by atoms with Gasteiger partial charge in [0.05, 0.1) is 4.92 Å². The lowest BCUT2D eigenvalue weighted by Gasteiger charge is -2.08. The van der Waals surface area contributed by atoms with E-state index in [1.54, 1.807) is 13.0 Å². The van der Waals surface area contributed by atoms with Crippen LogP contribution in [0.25, 0.3) is 0 Å². The average Bonchev–Trinajstić information content (AvgIpc) is 3.18. The number of hydrogen-bond donors (Lipinski definition) is 2. The van der Waals surface area contributed by atoms with Gasteiger partial charge >= 0.3 is 5.69 Å². The monoisotopic (exact) mass is 264 g/mol. The van der Waals surface area contributed by atoms with Crippen LogP contribution in [0.3, 0.4) is 0 Å². The Kier molecular flexibility index (Phi) is 3.94. The second kappa shape index (κ2) is 5.64. The summed E-state index contributed by atoms with van der Waals surface area (Å²) in [7, 11) is 0. The normalized spacial score (nSPS) is 13.9. The van der Waals surface area contributed by atoms with Crippen LogP contribution in [0.15, 0.2) is 12.3 Å². The van der Waals surface area contributed by atoms with Crippen LogP contribution in [0.1, 0.15) is 18.4 Å². The highest BCUT2D eigenvalue weighted by atomic mass is 16.6. The van der Waals surface area contributed by atoms with E-state index in [9.17, 15) is 14.9 Å². The standard InChI is InChI=1S/C12H16N4O3/c1-8-4-5-13-11(10(8)16(18)19)14-6-7-15-12(17)9-2-3-9/h4-5,9H,2-3,6-7H2,1H3,(H,13,14)(H,15,17). The summed E-state index contributed by atoms with van der Waals surface area (Å²) in [6, 6.07) is 1.60. The molecule has 0 aliphatic heterocycles. The summed E-state index contributed by atoms with van der Waals surface area (Å²) in [4.78, 5) is 25.8. The molecule has 1 aromatic heterocycles. The second-order valence-corrected chi connectivity index (χ2v) is 4.57. The first-order valence-electron chi connectivity index (χ1n) is 6.21. The number of carbonyl (C=O) groups is 1. The first kappa shape index (κ1) is 13.3. The van der Waals surface area contributed by atoms with E-state index in [4.69, 9.17) is 0 Å². The van der Waals surface area contributed by atoms with E-state index in [-0.39, 0.29) is 23.3 Å². The van der Waals surface area contributed by atoms with Gasteiger partial charge < -0.3 is 10.6 Å². The first-order chi connectivity index (χ1) is 9.09. The Morgan fingerprint density at radius 3 is 2.89 bits per heavy atom. The van der Waals surface area contributed by atoms with E-state index >= 15 is 0 Å². The molecular weight excluding hydrogens is 248 g/mol. The predicted molar refractivity (Wildman–Crippen MR) is 69.9 cm³/mol. The number of pyridine rings is 1. The number of nitro groups is 1. The average molecular weight is 264 g/mol. The molecule has 1 heterocycles. The molecule has 0 atom stereocenters. The molecule has 0 unspecified atom stereocenters. The van der Waals surface area contributed by atoms with Crippen molar-refractivity contribution in [1.82, 2.24) is 10.3 Å². The van der Waals surface area contributed by atoms with Crippen molar-refractivity contribution in [1.29, 1.82) is 0 Å². The second-order valence-electron chi connectivity index (χ2n) is 4.57. The van der Waals surface area contributed by atoms with Gasteiger partial charge in [0.15, 0.2) is 0 Å². The summed E-state index contributed by atoms with van der Waals surface area (Å²) in [5, 5.41) is 16.6. The molecule has 7 heteroatoms. The van der Waals surface area contributed by atoms with Gasteiger partial charge in [-0.05, 0) is 25.8 Å². The van der Waals surface area contributed by atoms with Gasteiger partial charge in [-0.3, -0.25) is 14.9 Å². The summed E-state index contributed by atoms with van der Waals surface area (Å²) in [6.45, 7) is 2.51. The van der Waals surface area contributed by atoms with Crippen molar-refractivity contribution in [3.05, 3.63) is 27.9 Å². The molecule has 1 aromatic rings. The number of hydrogen-bond acceptors (Lipinski definition) is 5. The Bertz CT molecular complexity index is 500. The third-order valence-corrected chi connectivity index (χ3v) is 2.97. The maximum atomic E-state index is 11.4. The van der Waals surface area contributed by atoms with Crippen molar-refractivity contribution < 1.29 is 9.72 Å². The van der Waals surface area contributed by atoms with E-state index in [0.29, 0.717) is 18.7 Å². The lowest BCUT2D eigenvalue weighted by molar-refractivity contribution is -0.384. The predicted octanol–water partition coefficient (Wildman–Crippen LogP) is 1.24. The Balaban J connectivity index is 1.86. The first-order valence-corrected chi connectivity index (χ1v) is 6.21. The number of nitrogens with one attached hydrogen (secondary N) is 2. The number of carbonyl (C=O) groups excluding carboxylic acids is 1. The Labute approximate surface area is 110 Å². The third-order valence-electron chi connectivity index (χ3n) is 2.97. The van der Waals surface area contributed by atoms with Crippen molar-refractivity contribution in [2.45, 2.75) is 19.8 Å². The molecule has 0 aromatic carbocycles. The molecule has 2 rings (SSSR count). The highest BCUT2D eigenvalue weighted by Gasteiger charge is 2.29. The van der Waals surface area contributed by atoms with Gasteiger partial charge in [-0.15, -0.1) is 0 Å². The fourth-order valence-electron chi connectivity index (χ4n) is 1.77. The van der Waals surface area contributed by atoms with Gasteiger partial charge in [0.2, 0.25) is 11.7 Å². The molecule has 0 radical (unpaired) electrons. The van der Waals surface area contributed by atoms with Gasteiger partial charge in [0.1, 0.15) is 0 Å². The van der Waals surface area contributed by atoms with E-state index in [2.05, 4.69) is 15.6 Å². The van der Waals surface area contributed by atoms with Crippen LogP contribution in [-0.4, -0.2) is 28.9 Å². The number of aromatic nitrogens is 1. The van der Waals surface area contributed by atoms with E-state index in [1.807, 2.05) is 0 Å². The maximum Gasteiger partial charge on any atom is 0.314 e. The Morgan fingerprint density at radius 1 is 1.53 bits per heavy atom. The van der Waals surface area contributed by atoms with E-state index < -0.39 is 4.92 Å². The highest BCUT2D eigenvalue weighted by Crippen LogP contribution is 2.28. The minimum absolute atomic E-state index is 0.0176. The zero-order chi connectivity index (χ0) is 13.8. The fraction of sp³-hybridized carbons (Fsp3) is 0.500.